The van der Waals surface area contributed by atoms with Gasteiger partial charge in [-0.1, -0.05) is 13.8 Å². The molecule has 0 aliphatic heterocycles. The maximum absolute atomic E-state index is 11.7. The second-order valence-electron chi connectivity index (χ2n) is 5.73. The predicted octanol–water partition coefficient (Wildman–Crippen LogP) is 1.80. The highest BCUT2D eigenvalue weighted by molar-refractivity contribution is 5.85. The van der Waals surface area contributed by atoms with E-state index in [0.29, 0.717) is 18.5 Å². The Labute approximate surface area is 129 Å². The first-order valence-electron chi connectivity index (χ1n) is 6.67. The Morgan fingerprint density at radius 3 is 2.26 bits per heavy atom. The molecular weight excluding hydrogens is 285 g/mol. The lowest BCUT2D eigenvalue weighted by atomic mass is 10.0. The molecule has 1 saturated carbocycles. The first-order valence-corrected chi connectivity index (χ1v) is 6.67. The molecule has 1 aliphatic rings. The van der Waals surface area contributed by atoms with Gasteiger partial charge in [-0.25, -0.2) is 0 Å². The van der Waals surface area contributed by atoms with E-state index in [1.807, 2.05) is 0 Å². The highest BCUT2D eigenvalue weighted by Crippen LogP contribution is 2.26. The molecule has 4 nitrogen and oxygen atoms in total. The number of amides is 1. The van der Waals surface area contributed by atoms with Gasteiger partial charge in [0.05, 0.1) is 6.04 Å². The first kappa shape index (κ1) is 21.3. The lowest BCUT2D eigenvalue weighted by Crippen LogP contribution is -2.47. The molecule has 1 fully saturated rings. The minimum atomic E-state index is -0.367. The van der Waals surface area contributed by atoms with Gasteiger partial charge in [-0.15, -0.1) is 24.8 Å². The molecule has 0 bridgehead atoms. The number of carbonyl (C=O) groups excluding carboxylic acids is 1. The van der Waals surface area contributed by atoms with Crippen LogP contribution in [0.25, 0.3) is 0 Å². The summed E-state index contributed by atoms with van der Waals surface area (Å²) in [4.78, 5) is 14.1. The maximum atomic E-state index is 11.7. The largest absolute Gasteiger partial charge is 0.353 e. The number of nitrogens with one attached hydrogen (secondary N) is 1. The Morgan fingerprint density at radius 1 is 1.32 bits per heavy atom. The van der Waals surface area contributed by atoms with Gasteiger partial charge in [0.25, 0.3) is 0 Å². The van der Waals surface area contributed by atoms with Crippen molar-refractivity contribution in [3.8, 4) is 0 Å². The van der Waals surface area contributed by atoms with E-state index in [1.54, 1.807) is 0 Å². The number of carbonyl (C=O) groups is 1. The Bertz CT molecular complexity index is 260. The molecule has 3 N–H and O–H groups in total. The first-order chi connectivity index (χ1) is 7.91. The number of nitrogens with zero attached hydrogens (tertiary/aromatic N) is 1. The number of rotatable bonds is 7. The zero-order valence-electron chi connectivity index (χ0n) is 12.4. The molecule has 0 heterocycles. The van der Waals surface area contributed by atoms with Crippen LogP contribution in [0.1, 0.15) is 40.0 Å². The molecule has 1 rings (SSSR count). The van der Waals surface area contributed by atoms with Gasteiger partial charge in [0.1, 0.15) is 0 Å². The molecular formula is C13H29Cl2N3O. The van der Waals surface area contributed by atoms with Crippen molar-refractivity contribution in [2.75, 3.05) is 13.6 Å². The van der Waals surface area contributed by atoms with Crippen molar-refractivity contribution in [2.24, 2.45) is 11.7 Å². The van der Waals surface area contributed by atoms with E-state index in [2.05, 4.69) is 38.0 Å². The van der Waals surface area contributed by atoms with E-state index in [4.69, 9.17) is 5.73 Å². The second-order valence-corrected chi connectivity index (χ2v) is 5.73. The van der Waals surface area contributed by atoms with Gasteiger partial charge < -0.3 is 11.1 Å². The third-order valence-electron chi connectivity index (χ3n) is 3.45. The quantitative estimate of drug-likeness (QED) is 0.753. The minimum Gasteiger partial charge on any atom is -0.353 e. The third kappa shape index (κ3) is 7.98. The molecule has 0 spiro atoms. The third-order valence-corrected chi connectivity index (χ3v) is 3.45. The number of hydrogen-bond acceptors (Lipinski definition) is 3. The van der Waals surface area contributed by atoms with Crippen LogP contribution in [0, 0.1) is 5.92 Å². The van der Waals surface area contributed by atoms with Crippen LogP contribution in [-0.2, 0) is 4.79 Å². The van der Waals surface area contributed by atoms with Crippen molar-refractivity contribution in [3.05, 3.63) is 0 Å². The Kier molecular flexibility index (Phi) is 11.0. The van der Waals surface area contributed by atoms with Crippen molar-refractivity contribution in [1.29, 1.82) is 0 Å². The summed E-state index contributed by atoms with van der Waals surface area (Å²) in [5, 5.41) is 2.95. The van der Waals surface area contributed by atoms with E-state index in [0.717, 1.165) is 12.5 Å². The standard InChI is InChI=1S/C13H27N3O.2ClH/c1-9(2)7-12(14)13(17)15-8-10(3)16(4)11-5-6-11;;/h9-12H,5-8,14H2,1-4H3,(H,15,17);2*1H/t10?,12-;;/m0../s1. The summed E-state index contributed by atoms with van der Waals surface area (Å²) in [6.07, 6.45) is 3.34. The second kappa shape index (κ2) is 9.81. The van der Waals surface area contributed by atoms with Crippen molar-refractivity contribution < 1.29 is 4.79 Å². The highest BCUT2D eigenvalue weighted by atomic mass is 35.5. The molecule has 6 heteroatoms. The van der Waals surface area contributed by atoms with Crippen molar-refractivity contribution in [1.82, 2.24) is 10.2 Å². The Hall–Kier alpha value is -0.0300. The summed E-state index contributed by atoms with van der Waals surface area (Å²) in [5.74, 6) is 0.442. The van der Waals surface area contributed by atoms with E-state index in [1.165, 1.54) is 12.8 Å². The van der Waals surface area contributed by atoms with Crippen LogP contribution >= 0.6 is 24.8 Å². The fourth-order valence-electron chi connectivity index (χ4n) is 1.98. The van der Waals surface area contributed by atoms with Gasteiger partial charge in [-0.05, 0) is 39.2 Å². The number of hydrogen-bond donors (Lipinski definition) is 2. The minimum absolute atomic E-state index is 0. The van der Waals surface area contributed by atoms with Crippen LogP contribution < -0.4 is 11.1 Å². The average Bonchev–Trinajstić information content (AvgIpc) is 3.06. The summed E-state index contributed by atoms with van der Waals surface area (Å²) >= 11 is 0. The summed E-state index contributed by atoms with van der Waals surface area (Å²) in [7, 11) is 2.13. The molecule has 0 saturated heterocycles. The van der Waals surface area contributed by atoms with Crippen LogP contribution in [0.4, 0.5) is 0 Å². The monoisotopic (exact) mass is 313 g/mol. The van der Waals surface area contributed by atoms with Crippen LogP contribution in [0.15, 0.2) is 0 Å². The van der Waals surface area contributed by atoms with E-state index >= 15 is 0 Å². The molecule has 0 aromatic carbocycles. The van der Waals surface area contributed by atoms with Gasteiger partial charge >= 0.3 is 0 Å². The topological polar surface area (TPSA) is 58.4 Å². The molecule has 1 unspecified atom stereocenters. The molecule has 19 heavy (non-hydrogen) atoms. The van der Waals surface area contributed by atoms with Crippen LogP contribution in [0.2, 0.25) is 0 Å². The van der Waals surface area contributed by atoms with E-state index in [9.17, 15) is 4.79 Å². The lowest BCUT2D eigenvalue weighted by molar-refractivity contribution is -0.122. The molecule has 2 atom stereocenters. The molecule has 1 amide bonds. The van der Waals surface area contributed by atoms with Gasteiger partial charge in [-0.3, -0.25) is 9.69 Å². The predicted molar refractivity (Wildman–Crippen MR) is 85.2 cm³/mol. The van der Waals surface area contributed by atoms with Gasteiger partial charge in [0, 0.05) is 18.6 Å². The molecule has 0 radical (unpaired) electrons. The molecule has 0 aromatic rings. The maximum Gasteiger partial charge on any atom is 0.236 e. The van der Waals surface area contributed by atoms with Crippen molar-refractivity contribution in [3.63, 3.8) is 0 Å². The van der Waals surface area contributed by atoms with Crippen LogP contribution in [-0.4, -0.2) is 42.5 Å². The lowest BCUT2D eigenvalue weighted by Gasteiger charge is -2.25. The summed E-state index contributed by atoms with van der Waals surface area (Å²) in [6, 6.07) is 0.748. The summed E-state index contributed by atoms with van der Waals surface area (Å²) in [6.45, 7) is 7.00. The fourth-order valence-corrected chi connectivity index (χ4v) is 1.98. The molecule has 116 valence electrons. The average molecular weight is 314 g/mol. The number of likely N-dealkylation sites (N-methyl/N-ethyl adjacent to an activating group) is 1. The Morgan fingerprint density at radius 2 is 1.84 bits per heavy atom. The van der Waals surface area contributed by atoms with Crippen LogP contribution in [0.3, 0.4) is 0 Å². The smallest absolute Gasteiger partial charge is 0.236 e. The SMILES string of the molecule is CC(C)C[C@H](N)C(=O)NCC(C)N(C)C1CC1.Cl.Cl. The zero-order chi connectivity index (χ0) is 13.0. The van der Waals surface area contributed by atoms with E-state index < -0.39 is 0 Å². The van der Waals surface area contributed by atoms with E-state index in [-0.39, 0.29) is 36.8 Å². The van der Waals surface area contributed by atoms with Crippen molar-refractivity contribution >= 4 is 30.7 Å². The molecule has 1 aliphatic carbocycles. The fraction of sp³-hybridized carbons (Fsp3) is 0.923. The summed E-state index contributed by atoms with van der Waals surface area (Å²) < 4.78 is 0. The zero-order valence-corrected chi connectivity index (χ0v) is 14.0. The van der Waals surface area contributed by atoms with Gasteiger partial charge in [0.2, 0.25) is 5.91 Å². The number of halogens is 2. The highest BCUT2D eigenvalue weighted by Gasteiger charge is 2.29. The van der Waals surface area contributed by atoms with Gasteiger partial charge in [0.15, 0.2) is 0 Å². The molecule has 0 aromatic heterocycles. The van der Waals surface area contributed by atoms with Gasteiger partial charge in [-0.2, -0.15) is 0 Å². The normalized spacial score (nSPS) is 17.4. The van der Waals surface area contributed by atoms with Crippen LogP contribution in [0.5, 0.6) is 0 Å². The Balaban J connectivity index is 0. The number of nitrogens with two attached hydrogens (primary N) is 1. The summed E-state index contributed by atoms with van der Waals surface area (Å²) in [5.41, 5.74) is 5.83. The van der Waals surface area contributed by atoms with Crippen molar-refractivity contribution in [2.45, 2.75) is 58.2 Å².